The first kappa shape index (κ1) is 18.5. The van der Waals surface area contributed by atoms with Crippen molar-refractivity contribution >= 4 is 0 Å². The van der Waals surface area contributed by atoms with Crippen molar-refractivity contribution in [2.45, 2.75) is 79.8 Å². The minimum absolute atomic E-state index is 0.0123. The fourth-order valence-corrected chi connectivity index (χ4v) is 1.91. The fraction of sp³-hybridized carbons (Fsp3) is 0.667. The van der Waals surface area contributed by atoms with Gasteiger partial charge in [0.1, 0.15) is 0 Å². The summed E-state index contributed by atoms with van der Waals surface area (Å²) in [5.74, 6) is 2.57. The van der Waals surface area contributed by atoms with Crippen LogP contribution >= 0.6 is 0 Å². The topological polar surface area (TPSA) is 36.9 Å². The molecule has 0 N–H and O–H groups in total. The van der Waals surface area contributed by atoms with Crippen LogP contribution in [0.4, 0.5) is 0 Å². The Kier molecular flexibility index (Phi) is 6.85. The number of hydrogen-bond donors (Lipinski definition) is 0. The summed E-state index contributed by atoms with van der Waals surface area (Å²) in [6.07, 6.45) is 0.133. The van der Waals surface area contributed by atoms with Crippen molar-refractivity contribution in [1.29, 1.82) is 0 Å². The van der Waals surface area contributed by atoms with Crippen LogP contribution in [0.2, 0.25) is 0 Å². The molecule has 126 valence electrons. The average Bonchev–Trinajstić information content (AvgIpc) is 2.34. The van der Waals surface area contributed by atoms with E-state index >= 15 is 0 Å². The van der Waals surface area contributed by atoms with E-state index in [4.69, 9.17) is 18.9 Å². The smallest absolute Gasteiger partial charge is 0.207 e. The van der Waals surface area contributed by atoms with Crippen LogP contribution in [-0.2, 0) is 0 Å². The van der Waals surface area contributed by atoms with Crippen molar-refractivity contribution in [2.24, 2.45) is 0 Å². The van der Waals surface area contributed by atoms with Gasteiger partial charge in [0.05, 0.1) is 24.4 Å². The molecule has 0 amide bonds. The van der Waals surface area contributed by atoms with Gasteiger partial charge in [-0.05, 0) is 67.5 Å². The van der Waals surface area contributed by atoms with Gasteiger partial charge in [0.2, 0.25) is 11.5 Å². The maximum absolute atomic E-state index is 5.97. The van der Waals surface area contributed by atoms with Crippen LogP contribution < -0.4 is 18.9 Å². The highest BCUT2D eigenvalue weighted by Gasteiger charge is 2.22. The van der Waals surface area contributed by atoms with E-state index in [1.165, 1.54) is 0 Å². The van der Waals surface area contributed by atoms with Gasteiger partial charge in [-0.15, -0.1) is 0 Å². The Morgan fingerprint density at radius 1 is 0.500 bits per heavy atom. The van der Waals surface area contributed by atoms with Crippen molar-refractivity contribution < 1.29 is 18.9 Å². The van der Waals surface area contributed by atoms with E-state index in [-0.39, 0.29) is 24.4 Å². The molecule has 4 heteroatoms. The largest absolute Gasteiger partial charge is 0.487 e. The van der Waals surface area contributed by atoms with Crippen LogP contribution in [0.3, 0.4) is 0 Å². The minimum Gasteiger partial charge on any atom is -0.487 e. The Bertz CT molecular complexity index is 421. The number of hydrogen-bond acceptors (Lipinski definition) is 4. The molecule has 0 unspecified atom stereocenters. The predicted molar refractivity (Wildman–Crippen MR) is 89.5 cm³/mol. The summed E-state index contributed by atoms with van der Waals surface area (Å²) in [7, 11) is 0. The first-order valence-electron chi connectivity index (χ1n) is 8.04. The van der Waals surface area contributed by atoms with E-state index in [2.05, 4.69) is 0 Å². The quantitative estimate of drug-likeness (QED) is 0.689. The Morgan fingerprint density at radius 3 is 1.00 bits per heavy atom. The second kappa shape index (κ2) is 8.16. The number of rotatable bonds is 8. The van der Waals surface area contributed by atoms with Gasteiger partial charge in [0, 0.05) is 0 Å². The molecule has 0 aliphatic rings. The zero-order valence-corrected chi connectivity index (χ0v) is 15.1. The second-order valence-corrected chi connectivity index (χ2v) is 6.39. The van der Waals surface area contributed by atoms with Gasteiger partial charge in [-0.25, -0.2) is 0 Å². The Labute approximate surface area is 134 Å². The molecule has 1 aromatic carbocycles. The lowest BCUT2D eigenvalue weighted by Gasteiger charge is -2.24. The third-order valence-electron chi connectivity index (χ3n) is 2.47. The first-order valence-corrected chi connectivity index (χ1v) is 8.04. The molecule has 0 aromatic heterocycles. The summed E-state index contributed by atoms with van der Waals surface area (Å²) in [6, 6.07) is 3.76. The van der Waals surface area contributed by atoms with Crippen LogP contribution in [0, 0.1) is 0 Å². The van der Waals surface area contributed by atoms with Crippen LogP contribution in [0.15, 0.2) is 12.1 Å². The van der Waals surface area contributed by atoms with Gasteiger partial charge >= 0.3 is 0 Å². The lowest BCUT2D eigenvalue weighted by Crippen LogP contribution is -2.15. The summed E-state index contributed by atoms with van der Waals surface area (Å²) in [4.78, 5) is 0. The number of ether oxygens (including phenoxy) is 4. The van der Waals surface area contributed by atoms with Gasteiger partial charge in [0.15, 0.2) is 11.5 Å². The molecule has 0 saturated heterocycles. The molecule has 0 saturated carbocycles. The summed E-state index contributed by atoms with van der Waals surface area (Å²) in [5.41, 5.74) is 0. The van der Waals surface area contributed by atoms with E-state index < -0.39 is 0 Å². The molecule has 0 aliphatic heterocycles. The number of benzene rings is 1. The normalized spacial score (nSPS) is 11.5. The molecule has 1 aromatic rings. The summed E-state index contributed by atoms with van der Waals surface area (Å²) in [6.45, 7) is 15.9. The zero-order chi connectivity index (χ0) is 16.9. The maximum atomic E-state index is 5.97. The van der Waals surface area contributed by atoms with Crippen molar-refractivity contribution in [1.82, 2.24) is 0 Å². The zero-order valence-electron chi connectivity index (χ0n) is 15.1. The van der Waals surface area contributed by atoms with Crippen LogP contribution in [0.25, 0.3) is 0 Å². The van der Waals surface area contributed by atoms with Crippen LogP contribution in [0.5, 0.6) is 23.0 Å². The Hall–Kier alpha value is -1.58. The van der Waals surface area contributed by atoms with E-state index in [0.717, 1.165) is 0 Å². The highest BCUT2D eigenvalue weighted by Crippen LogP contribution is 2.46. The van der Waals surface area contributed by atoms with Gasteiger partial charge < -0.3 is 18.9 Å². The molecular formula is C18H30O4. The van der Waals surface area contributed by atoms with E-state index in [1.54, 1.807) is 0 Å². The molecule has 0 heterocycles. The van der Waals surface area contributed by atoms with Crippen molar-refractivity contribution in [3.8, 4) is 23.0 Å². The maximum Gasteiger partial charge on any atom is 0.207 e. The lowest BCUT2D eigenvalue weighted by molar-refractivity contribution is 0.162. The highest BCUT2D eigenvalue weighted by molar-refractivity contribution is 5.59. The molecular weight excluding hydrogens is 280 g/mol. The van der Waals surface area contributed by atoms with Crippen LogP contribution in [-0.4, -0.2) is 24.4 Å². The standard InChI is InChI=1S/C18H30O4/c1-11(2)19-15-9-10-16(20-12(3)4)18(22-14(7)8)17(15)21-13(5)6/h9-14H,1-8H3. The molecule has 0 radical (unpaired) electrons. The van der Waals surface area contributed by atoms with Gasteiger partial charge in [0.25, 0.3) is 0 Å². The van der Waals surface area contributed by atoms with Crippen molar-refractivity contribution in [3.63, 3.8) is 0 Å². The minimum atomic E-state index is 0.0123. The summed E-state index contributed by atoms with van der Waals surface area (Å²) in [5, 5.41) is 0. The second-order valence-electron chi connectivity index (χ2n) is 6.39. The van der Waals surface area contributed by atoms with E-state index in [9.17, 15) is 0 Å². The molecule has 22 heavy (non-hydrogen) atoms. The average molecular weight is 310 g/mol. The third kappa shape index (κ3) is 5.66. The Balaban J connectivity index is 3.36. The first-order chi connectivity index (χ1) is 10.2. The molecule has 0 aliphatic carbocycles. The molecule has 0 spiro atoms. The molecule has 4 nitrogen and oxygen atoms in total. The SMILES string of the molecule is CC(C)Oc1ccc(OC(C)C)c(OC(C)C)c1OC(C)C. The third-order valence-corrected chi connectivity index (χ3v) is 2.47. The molecule has 1 rings (SSSR count). The highest BCUT2D eigenvalue weighted by atomic mass is 16.6. The van der Waals surface area contributed by atoms with Gasteiger partial charge in [-0.1, -0.05) is 0 Å². The van der Waals surface area contributed by atoms with E-state index in [0.29, 0.717) is 23.0 Å². The summed E-state index contributed by atoms with van der Waals surface area (Å²) >= 11 is 0. The summed E-state index contributed by atoms with van der Waals surface area (Å²) < 4.78 is 23.7. The Morgan fingerprint density at radius 2 is 0.773 bits per heavy atom. The van der Waals surface area contributed by atoms with E-state index in [1.807, 2.05) is 67.5 Å². The predicted octanol–water partition coefficient (Wildman–Crippen LogP) is 4.84. The monoisotopic (exact) mass is 310 g/mol. The fourth-order valence-electron chi connectivity index (χ4n) is 1.91. The molecule has 0 atom stereocenters. The lowest BCUT2D eigenvalue weighted by atomic mass is 10.2. The van der Waals surface area contributed by atoms with Crippen LogP contribution in [0.1, 0.15) is 55.4 Å². The van der Waals surface area contributed by atoms with Gasteiger partial charge in [-0.2, -0.15) is 0 Å². The van der Waals surface area contributed by atoms with Crippen molar-refractivity contribution in [3.05, 3.63) is 12.1 Å². The van der Waals surface area contributed by atoms with Crippen molar-refractivity contribution in [2.75, 3.05) is 0 Å². The molecule has 0 fully saturated rings. The molecule has 0 bridgehead atoms. The van der Waals surface area contributed by atoms with Gasteiger partial charge in [-0.3, -0.25) is 0 Å².